The summed E-state index contributed by atoms with van der Waals surface area (Å²) in [4.78, 5) is 27.7. The Bertz CT molecular complexity index is 529. The molecule has 0 radical (unpaired) electrons. The molecular formula is C16H24ClN3O3. The number of nitrogens with zero attached hydrogens (tertiary/aromatic N) is 2. The van der Waals surface area contributed by atoms with Gasteiger partial charge in [0, 0.05) is 26.2 Å². The van der Waals surface area contributed by atoms with Crippen LogP contribution in [0.3, 0.4) is 0 Å². The van der Waals surface area contributed by atoms with Crippen LogP contribution in [0.2, 0.25) is 0 Å². The van der Waals surface area contributed by atoms with Crippen LogP contribution < -0.4 is 5.73 Å². The largest absolute Gasteiger partial charge is 0.468 e. The molecule has 1 saturated heterocycles. The Labute approximate surface area is 143 Å². The number of nitrogens with two attached hydrogens (primary N) is 1. The van der Waals surface area contributed by atoms with E-state index in [2.05, 4.69) is 4.74 Å². The predicted octanol–water partition coefficient (Wildman–Crippen LogP) is 0.600. The van der Waals surface area contributed by atoms with Gasteiger partial charge in [-0.15, -0.1) is 12.4 Å². The monoisotopic (exact) mass is 341 g/mol. The molecule has 0 spiro atoms. The molecule has 1 fully saturated rings. The van der Waals surface area contributed by atoms with Gasteiger partial charge in [0.05, 0.1) is 13.7 Å². The Morgan fingerprint density at radius 2 is 1.74 bits per heavy atom. The van der Waals surface area contributed by atoms with Gasteiger partial charge in [-0.1, -0.05) is 30.3 Å². The van der Waals surface area contributed by atoms with E-state index in [-0.39, 0.29) is 30.8 Å². The summed E-state index contributed by atoms with van der Waals surface area (Å²) in [7, 11) is 1.38. The molecule has 1 aromatic carbocycles. The highest BCUT2D eigenvalue weighted by atomic mass is 35.5. The fourth-order valence-electron chi connectivity index (χ4n) is 2.59. The van der Waals surface area contributed by atoms with E-state index in [1.165, 1.54) is 7.11 Å². The lowest BCUT2D eigenvalue weighted by molar-refractivity contribution is -0.143. The van der Waals surface area contributed by atoms with Crippen LogP contribution in [0, 0.1) is 0 Å². The van der Waals surface area contributed by atoms with Crippen molar-refractivity contribution in [2.24, 2.45) is 5.73 Å². The number of piperazine rings is 1. The van der Waals surface area contributed by atoms with Gasteiger partial charge in [0.1, 0.15) is 5.54 Å². The van der Waals surface area contributed by atoms with Crippen LogP contribution in [0.1, 0.15) is 12.5 Å². The fraction of sp³-hybridized carbons (Fsp3) is 0.500. The molecule has 1 heterocycles. The second-order valence-corrected chi connectivity index (χ2v) is 5.71. The van der Waals surface area contributed by atoms with E-state index in [4.69, 9.17) is 5.73 Å². The lowest BCUT2D eigenvalue weighted by Crippen LogP contribution is -2.57. The number of halogens is 1. The average Bonchev–Trinajstić information content (AvgIpc) is 2.55. The van der Waals surface area contributed by atoms with Crippen LogP contribution in [-0.4, -0.2) is 61.5 Å². The molecule has 1 unspecified atom stereocenters. The molecule has 0 saturated carbocycles. The fourth-order valence-corrected chi connectivity index (χ4v) is 2.59. The van der Waals surface area contributed by atoms with Gasteiger partial charge in [-0.2, -0.15) is 0 Å². The molecule has 1 aromatic rings. The number of amides is 1. The number of methoxy groups -OCH3 is 1. The third-order valence-corrected chi connectivity index (χ3v) is 4.06. The molecule has 2 rings (SSSR count). The van der Waals surface area contributed by atoms with Gasteiger partial charge in [0.25, 0.3) is 0 Å². The number of hydrogen-bond donors (Lipinski definition) is 1. The number of rotatable bonds is 4. The summed E-state index contributed by atoms with van der Waals surface area (Å²) in [6, 6.07) is 9.39. The zero-order valence-corrected chi connectivity index (χ0v) is 14.3. The van der Waals surface area contributed by atoms with Crippen LogP contribution in [-0.2, 0) is 19.9 Å². The van der Waals surface area contributed by atoms with Crippen molar-refractivity contribution >= 4 is 24.3 Å². The van der Waals surface area contributed by atoms with Crippen molar-refractivity contribution in [2.75, 3.05) is 39.8 Å². The van der Waals surface area contributed by atoms with E-state index >= 15 is 0 Å². The van der Waals surface area contributed by atoms with E-state index in [0.29, 0.717) is 26.2 Å². The summed E-state index contributed by atoms with van der Waals surface area (Å²) in [6.07, 6.45) is 0. The van der Waals surface area contributed by atoms with Crippen molar-refractivity contribution in [3.05, 3.63) is 35.9 Å². The van der Waals surface area contributed by atoms with Crippen molar-refractivity contribution in [1.82, 2.24) is 9.80 Å². The predicted molar refractivity (Wildman–Crippen MR) is 90.3 cm³/mol. The topological polar surface area (TPSA) is 75.9 Å². The second-order valence-electron chi connectivity index (χ2n) is 5.71. The first-order chi connectivity index (χ1) is 10.4. The number of ether oxygens (including phenoxy) is 1. The molecule has 6 nitrogen and oxygen atoms in total. The van der Waals surface area contributed by atoms with Crippen molar-refractivity contribution in [3.8, 4) is 0 Å². The van der Waals surface area contributed by atoms with Gasteiger partial charge in [0.2, 0.25) is 5.91 Å². The Kier molecular flexibility index (Phi) is 7.00. The van der Waals surface area contributed by atoms with E-state index < -0.39 is 5.54 Å². The van der Waals surface area contributed by atoms with Crippen molar-refractivity contribution in [1.29, 1.82) is 0 Å². The summed E-state index contributed by atoms with van der Waals surface area (Å²) < 4.78 is 4.66. The van der Waals surface area contributed by atoms with Gasteiger partial charge in [-0.3, -0.25) is 14.5 Å². The first-order valence-corrected chi connectivity index (χ1v) is 7.38. The molecule has 0 aromatic heterocycles. The first-order valence-electron chi connectivity index (χ1n) is 7.38. The third kappa shape index (κ3) is 4.67. The molecule has 7 heteroatoms. The third-order valence-electron chi connectivity index (χ3n) is 4.06. The highest BCUT2D eigenvalue weighted by Crippen LogP contribution is 2.21. The van der Waals surface area contributed by atoms with E-state index in [1.807, 2.05) is 35.2 Å². The summed E-state index contributed by atoms with van der Waals surface area (Å²) in [5.41, 5.74) is 6.04. The molecule has 2 N–H and O–H groups in total. The van der Waals surface area contributed by atoms with Crippen LogP contribution in [0.4, 0.5) is 0 Å². The number of hydrogen-bond acceptors (Lipinski definition) is 5. The molecule has 0 aliphatic carbocycles. The van der Waals surface area contributed by atoms with Gasteiger partial charge >= 0.3 is 5.97 Å². The van der Waals surface area contributed by atoms with Gasteiger partial charge in [-0.25, -0.2) is 0 Å². The van der Waals surface area contributed by atoms with Crippen LogP contribution >= 0.6 is 12.4 Å². The minimum Gasteiger partial charge on any atom is -0.468 e. The molecule has 1 aliphatic heterocycles. The highest BCUT2D eigenvalue weighted by molar-refractivity contribution is 5.87. The van der Waals surface area contributed by atoms with Crippen LogP contribution in [0.25, 0.3) is 0 Å². The van der Waals surface area contributed by atoms with E-state index in [1.54, 1.807) is 11.8 Å². The Balaban J connectivity index is 0.00000264. The molecular weight excluding hydrogens is 318 g/mol. The highest BCUT2D eigenvalue weighted by Gasteiger charge is 2.35. The van der Waals surface area contributed by atoms with Gasteiger partial charge in [0.15, 0.2) is 0 Å². The normalized spacial score (nSPS) is 17.8. The molecule has 1 amide bonds. The van der Waals surface area contributed by atoms with E-state index in [9.17, 15) is 9.59 Å². The van der Waals surface area contributed by atoms with E-state index in [0.717, 1.165) is 5.56 Å². The van der Waals surface area contributed by atoms with Crippen molar-refractivity contribution in [2.45, 2.75) is 12.5 Å². The van der Waals surface area contributed by atoms with Crippen molar-refractivity contribution in [3.63, 3.8) is 0 Å². The number of esters is 1. The number of carbonyl (C=O) groups is 2. The van der Waals surface area contributed by atoms with Gasteiger partial charge in [-0.05, 0) is 12.5 Å². The molecule has 128 valence electrons. The Morgan fingerprint density at radius 1 is 1.17 bits per heavy atom. The lowest BCUT2D eigenvalue weighted by atomic mass is 9.91. The summed E-state index contributed by atoms with van der Waals surface area (Å²) in [5.74, 6) is -0.343. The minimum absolute atomic E-state index is 0. The zero-order chi connectivity index (χ0) is 16.2. The molecule has 0 bridgehead atoms. The lowest BCUT2D eigenvalue weighted by Gasteiger charge is -2.38. The summed E-state index contributed by atoms with van der Waals surface area (Å²) in [5, 5.41) is 0. The maximum absolute atomic E-state index is 12.7. The van der Waals surface area contributed by atoms with Crippen LogP contribution in [0.15, 0.2) is 30.3 Å². The summed E-state index contributed by atoms with van der Waals surface area (Å²) in [6.45, 7) is 4.42. The Morgan fingerprint density at radius 3 is 2.26 bits per heavy atom. The van der Waals surface area contributed by atoms with Gasteiger partial charge < -0.3 is 15.4 Å². The SMILES string of the molecule is COC(=O)CN1CCN(C(=O)C(C)(N)c2ccccc2)CC1.Cl. The number of benzene rings is 1. The average molecular weight is 342 g/mol. The smallest absolute Gasteiger partial charge is 0.319 e. The molecule has 1 atom stereocenters. The first kappa shape index (κ1) is 19.4. The van der Waals surface area contributed by atoms with Crippen LogP contribution in [0.5, 0.6) is 0 Å². The summed E-state index contributed by atoms with van der Waals surface area (Å²) >= 11 is 0. The standard InChI is InChI=1S/C16H23N3O3.ClH/c1-16(17,13-6-4-3-5-7-13)15(21)19-10-8-18(9-11-19)12-14(20)22-2;/h3-7H,8-12,17H2,1-2H3;1H. The second kappa shape index (κ2) is 8.29. The Hall–Kier alpha value is -1.63. The maximum atomic E-state index is 12.7. The maximum Gasteiger partial charge on any atom is 0.319 e. The molecule has 1 aliphatic rings. The minimum atomic E-state index is -1.04. The zero-order valence-electron chi connectivity index (χ0n) is 13.5. The number of carbonyl (C=O) groups excluding carboxylic acids is 2. The molecule has 23 heavy (non-hydrogen) atoms. The quantitative estimate of drug-likeness (QED) is 0.812. The van der Waals surface area contributed by atoms with Crippen molar-refractivity contribution < 1.29 is 14.3 Å².